The van der Waals surface area contributed by atoms with Crippen LogP contribution in [0.1, 0.15) is 39.5 Å². The van der Waals surface area contributed by atoms with E-state index in [-0.39, 0.29) is 0 Å². The Morgan fingerprint density at radius 2 is 2.00 bits per heavy atom. The first kappa shape index (κ1) is 14.0. The molecular formula is C15H20OS. The highest BCUT2D eigenvalue weighted by molar-refractivity contribution is 7.88. The molecule has 0 aromatic heterocycles. The average Bonchev–Trinajstić information content (AvgIpc) is 2.39. The van der Waals surface area contributed by atoms with Crippen LogP contribution < -0.4 is 0 Å². The molecule has 0 saturated heterocycles. The van der Waals surface area contributed by atoms with E-state index in [4.69, 9.17) is 0 Å². The Morgan fingerprint density at radius 1 is 1.29 bits per heavy atom. The molecular weight excluding hydrogens is 228 g/mol. The van der Waals surface area contributed by atoms with Crippen molar-refractivity contribution in [2.45, 2.75) is 44.4 Å². The molecule has 1 aromatic carbocycles. The minimum atomic E-state index is -1.07. The van der Waals surface area contributed by atoms with Crippen molar-refractivity contribution in [3.8, 4) is 0 Å². The predicted molar refractivity (Wildman–Crippen MR) is 74.3 cm³/mol. The summed E-state index contributed by atoms with van der Waals surface area (Å²) in [6, 6.07) is 9.50. The van der Waals surface area contributed by atoms with Crippen LogP contribution in [0.15, 0.2) is 51.9 Å². The van der Waals surface area contributed by atoms with Crippen LogP contribution >= 0.6 is 0 Å². The Hall–Kier alpha value is -1.11. The van der Waals surface area contributed by atoms with E-state index in [1.165, 1.54) is 18.4 Å². The fourth-order valence-electron chi connectivity index (χ4n) is 1.50. The van der Waals surface area contributed by atoms with Crippen LogP contribution in [0.4, 0.5) is 0 Å². The summed E-state index contributed by atoms with van der Waals surface area (Å²) >= 11 is 0. The summed E-state index contributed by atoms with van der Waals surface area (Å²) in [5, 5.41) is 1.68. The molecule has 0 fully saturated rings. The van der Waals surface area contributed by atoms with Gasteiger partial charge in [-0.15, -0.1) is 5.73 Å². The van der Waals surface area contributed by atoms with Gasteiger partial charge in [0, 0.05) is 10.3 Å². The second kappa shape index (κ2) is 8.05. The quantitative estimate of drug-likeness (QED) is 0.680. The van der Waals surface area contributed by atoms with E-state index >= 15 is 0 Å². The van der Waals surface area contributed by atoms with E-state index in [0.717, 1.165) is 17.7 Å². The standard InChI is InChI=1S/C15H20OS/c1-3-5-9-14(4-2)12-13-17(16)15-10-7-6-8-11-15/h6-8,10-11,13H,3-5,9H2,1-2H3. The molecule has 2 heteroatoms. The summed E-state index contributed by atoms with van der Waals surface area (Å²) in [4.78, 5) is 0.839. The van der Waals surface area contributed by atoms with Gasteiger partial charge >= 0.3 is 0 Å². The van der Waals surface area contributed by atoms with Crippen molar-refractivity contribution in [1.82, 2.24) is 0 Å². The third-order valence-electron chi connectivity index (χ3n) is 2.60. The first-order valence-corrected chi connectivity index (χ1v) is 7.39. The molecule has 0 aliphatic carbocycles. The Morgan fingerprint density at radius 3 is 2.59 bits per heavy atom. The molecule has 0 spiro atoms. The van der Waals surface area contributed by atoms with Crippen molar-refractivity contribution in [1.29, 1.82) is 0 Å². The van der Waals surface area contributed by atoms with Crippen molar-refractivity contribution in [3.63, 3.8) is 0 Å². The van der Waals surface area contributed by atoms with E-state index < -0.39 is 10.8 Å². The van der Waals surface area contributed by atoms with Crippen LogP contribution in [0, 0.1) is 0 Å². The van der Waals surface area contributed by atoms with Gasteiger partial charge in [0.05, 0.1) is 10.8 Å². The lowest BCUT2D eigenvalue weighted by Gasteiger charge is -1.98. The van der Waals surface area contributed by atoms with Crippen molar-refractivity contribution in [2.75, 3.05) is 0 Å². The molecule has 1 nitrogen and oxygen atoms in total. The molecule has 0 aliphatic heterocycles. The van der Waals surface area contributed by atoms with Gasteiger partial charge in [0.25, 0.3) is 0 Å². The van der Waals surface area contributed by atoms with Crippen molar-refractivity contribution in [2.24, 2.45) is 0 Å². The normalized spacial score (nSPS) is 11.6. The molecule has 1 unspecified atom stereocenters. The maximum absolute atomic E-state index is 11.9. The number of hydrogen-bond acceptors (Lipinski definition) is 1. The molecule has 17 heavy (non-hydrogen) atoms. The summed E-state index contributed by atoms with van der Waals surface area (Å²) in [6.07, 6.45) is 4.42. The topological polar surface area (TPSA) is 17.1 Å². The molecule has 0 saturated carbocycles. The lowest BCUT2D eigenvalue weighted by Crippen LogP contribution is -1.85. The molecule has 0 bridgehead atoms. The highest BCUT2D eigenvalue weighted by Crippen LogP contribution is 2.11. The van der Waals surface area contributed by atoms with Crippen molar-refractivity contribution < 1.29 is 4.21 Å². The van der Waals surface area contributed by atoms with Crippen molar-refractivity contribution in [3.05, 3.63) is 47.0 Å². The highest BCUT2D eigenvalue weighted by atomic mass is 32.2. The fraction of sp³-hybridized carbons (Fsp3) is 0.400. The monoisotopic (exact) mass is 248 g/mol. The first-order valence-electron chi connectivity index (χ1n) is 6.18. The molecule has 0 amide bonds. The maximum atomic E-state index is 11.9. The minimum absolute atomic E-state index is 0.839. The maximum Gasteiger partial charge on any atom is 0.0854 e. The van der Waals surface area contributed by atoms with Gasteiger partial charge in [0.1, 0.15) is 0 Å². The third kappa shape index (κ3) is 5.16. The van der Waals surface area contributed by atoms with E-state index in [1.54, 1.807) is 5.41 Å². The average molecular weight is 248 g/mol. The Bertz CT molecular complexity index is 414. The minimum Gasteiger partial charge on any atom is -0.249 e. The van der Waals surface area contributed by atoms with Crippen LogP contribution in [-0.4, -0.2) is 4.21 Å². The van der Waals surface area contributed by atoms with Crippen LogP contribution in [-0.2, 0) is 10.8 Å². The summed E-state index contributed by atoms with van der Waals surface area (Å²) in [5.41, 5.74) is 4.45. The van der Waals surface area contributed by atoms with Gasteiger partial charge in [0.2, 0.25) is 0 Å². The SMILES string of the molecule is CCCCC(=C=CS(=O)c1ccccc1)CC. The van der Waals surface area contributed by atoms with Crippen LogP contribution in [0.2, 0.25) is 0 Å². The number of benzene rings is 1. The number of unbranched alkanes of at least 4 members (excludes halogenated alkanes) is 1. The van der Waals surface area contributed by atoms with Gasteiger partial charge in [-0.2, -0.15) is 0 Å². The van der Waals surface area contributed by atoms with Gasteiger partial charge in [-0.3, -0.25) is 0 Å². The Balaban J connectivity index is 2.74. The second-order valence-corrected chi connectivity index (χ2v) is 5.24. The van der Waals surface area contributed by atoms with Crippen molar-refractivity contribution >= 4 is 10.8 Å². The molecule has 0 radical (unpaired) electrons. The first-order chi connectivity index (χ1) is 8.27. The molecule has 1 rings (SSSR count). The highest BCUT2D eigenvalue weighted by Gasteiger charge is 1.97. The zero-order valence-electron chi connectivity index (χ0n) is 10.6. The molecule has 0 aliphatic rings. The largest absolute Gasteiger partial charge is 0.249 e. The second-order valence-electron chi connectivity index (χ2n) is 3.93. The molecule has 1 atom stereocenters. The van der Waals surface area contributed by atoms with E-state index in [2.05, 4.69) is 19.6 Å². The predicted octanol–water partition coefficient (Wildman–Crippen LogP) is 4.43. The summed E-state index contributed by atoms with van der Waals surface area (Å²) in [5.74, 6) is 0. The fourth-order valence-corrected chi connectivity index (χ4v) is 2.34. The van der Waals surface area contributed by atoms with Gasteiger partial charge in [-0.25, -0.2) is 4.21 Å². The smallest absolute Gasteiger partial charge is 0.0854 e. The van der Waals surface area contributed by atoms with Gasteiger partial charge < -0.3 is 0 Å². The zero-order chi connectivity index (χ0) is 12.5. The number of allylic oxidation sites excluding steroid dienone is 1. The molecule has 92 valence electrons. The number of hydrogen-bond donors (Lipinski definition) is 0. The van der Waals surface area contributed by atoms with Crippen LogP contribution in [0.5, 0.6) is 0 Å². The van der Waals surface area contributed by atoms with E-state index in [1.807, 2.05) is 30.3 Å². The van der Waals surface area contributed by atoms with Crippen LogP contribution in [0.3, 0.4) is 0 Å². The Labute approximate surface area is 107 Å². The van der Waals surface area contributed by atoms with E-state index in [0.29, 0.717) is 0 Å². The third-order valence-corrected chi connectivity index (χ3v) is 3.67. The van der Waals surface area contributed by atoms with Gasteiger partial charge in [-0.1, -0.05) is 38.5 Å². The van der Waals surface area contributed by atoms with Crippen LogP contribution in [0.25, 0.3) is 0 Å². The summed E-state index contributed by atoms with van der Waals surface area (Å²) < 4.78 is 11.9. The lowest BCUT2D eigenvalue weighted by atomic mass is 10.1. The number of rotatable bonds is 6. The molecule has 1 aromatic rings. The molecule has 0 N–H and O–H groups in total. The zero-order valence-corrected chi connectivity index (χ0v) is 11.4. The Kier molecular flexibility index (Phi) is 6.61. The summed E-state index contributed by atoms with van der Waals surface area (Å²) in [7, 11) is -1.07. The van der Waals surface area contributed by atoms with Gasteiger partial charge in [0.15, 0.2) is 0 Å². The van der Waals surface area contributed by atoms with E-state index in [9.17, 15) is 4.21 Å². The van der Waals surface area contributed by atoms with Gasteiger partial charge in [-0.05, 0) is 37.0 Å². The molecule has 0 heterocycles. The lowest BCUT2D eigenvalue weighted by molar-refractivity contribution is 0.688. The summed E-state index contributed by atoms with van der Waals surface area (Å²) in [6.45, 7) is 4.30.